The summed E-state index contributed by atoms with van der Waals surface area (Å²) in [6.45, 7) is 1.33. The number of halogens is 3. The number of carboxylic acids is 1. The lowest BCUT2D eigenvalue weighted by atomic mass is 9.91. The van der Waals surface area contributed by atoms with Gasteiger partial charge in [0.1, 0.15) is 23.8 Å². The second-order valence-electron chi connectivity index (χ2n) is 9.00. The third kappa shape index (κ3) is 5.60. The van der Waals surface area contributed by atoms with Gasteiger partial charge in [-0.2, -0.15) is 0 Å². The van der Waals surface area contributed by atoms with Gasteiger partial charge >= 0.3 is 5.97 Å². The summed E-state index contributed by atoms with van der Waals surface area (Å²) < 4.78 is 38.9. The molecule has 0 radical (unpaired) electrons. The number of hydrogen-bond donors (Lipinski definition) is 1. The van der Waals surface area contributed by atoms with E-state index in [1.54, 1.807) is 12.1 Å². The van der Waals surface area contributed by atoms with Gasteiger partial charge in [0.15, 0.2) is 11.5 Å². The molecule has 0 saturated carbocycles. The highest BCUT2D eigenvalue weighted by Gasteiger charge is 2.38. The third-order valence-corrected chi connectivity index (χ3v) is 6.28. The molecule has 1 aliphatic heterocycles. The van der Waals surface area contributed by atoms with Gasteiger partial charge in [0.25, 0.3) is 5.91 Å². The fraction of sp³-hybridized carbons (Fsp3) is 0.259. The first-order valence-corrected chi connectivity index (χ1v) is 11.5. The molecule has 0 aliphatic carbocycles. The van der Waals surface area contributed by atoms with Gasteiger partial charge in [-0.05, 0) is 54.4 Å². The van der Waals surface area contributed by atoms with Crippen LogP contribution >= 0.6 is 11.6 Å². The van der Waals surface area contributed by atoms with Crippen molar-refractivity contribution < 1.29 is 33.0 Å². The lowest BCUT2D eigenvalue weighted by Crippen LogP contribution is -2.35. The molecule has 9 heteroatoms. The molecule has 1 amide bonds. The molecule has 0 bridgehead atoms. The van der Waals surface area contributed by atoms with Gasteiger partial charge in [-0.1, -0.05) is 29.8 Å². The van der Waals surface area contributed by atoms with Crippen LogP contribution in [-0.4, -0.2) is 41.1 Å². The van der Waals surface area contributed by atoms with Crippen LogP contribution in [-0.2, 0) is 24.2 Å². The molecule has 1 heterocycles. The molecule has 1 atom stereocenters. The van der Waals surface area contributed by atoms with Crippen molar-refractivity contribution in [1.29, 1.82) is 0 Å². The van der Waals surface area contributed by atoms with Crippen LogP contribution in [0.2, 0.25) is 5.02 Å². The van der Waals surface area contributed by atoms with E-state index in [1.807, 2.05) is 6.92 Å². The van der Waals surface area contributed by atoms with Crippen LogP contribution in [0, 0.1) is 11.6 Å². The number of carbonyl (C=O) groups excluding carboxylic acids is 1. The second-order valence-corrected chi connectivity index (χ2v) is 9.41. The first-order valence-electron chi connectivity index (χ1n) is 11.2. The van der Waals surface area contributed by atoms with Crippen molar-refractivity contribution in [2.75, 3.05) is 13.7 Å². The number of nitrogens with zero attached hydrogens (tertiary/aromatic N) is 1. The largest absolute Gasteiger partial charge is 0.493 e. The average Bonchev–Trinajstić information content (AvgIpc) is 3.16. The van der Waals surface area contributed by atoms with Gasteiger partial charge in [-0.25, -0.2) is 8.78 Å². The minimum atomic E-state index is -1.18. The number of carboxylic acid groups (broad SMARTS) is 1. The Balaban J connectivity index is 1.61. The summed E-state index contributed by atoms with van der Waals surface area (Å²) >= 11 is 5.79. The molecule has 3 aromatic rings. The summed E-state index contributed by atoms with van der Waals surface area (Å²) in [4.78, 5) is 26.0. The third-order valence-electron chi connectivity index (χ3n) is 5.97. The molecule has 0 aromatic heterocycles. The van der Waals surface area contributed by atoms with E-state index in [9.17, 15) is 23.5 Å². The number of ether oxygens (including phenoxy) is 2. The molecular formula is C27H24ClF2NO5. The maximum absolute atomic E-state index is 13.9. The quantitative estimate of drug-likeness (QED) is 0.441. The van der Waals surface area contributed by atoms with Crippen molar-refractivity contribution in [2.45, 2.75) is 31.9 Å². The van der Waals surface area contributed by atoms with Crippen LogP contribution in [0.1, 0.15) is 34.0 Å². The van der Waals surface area contributed by atoms with Gasteiger partial charge in [-0.15, -0.1) is 0 Å². The molecule has 4 rings (SSSR count). The van der Waals surface area contributed by atoms with Crippen molar-refractivity contribution in [1.82, 2.24) is 4.90 Å². The molecule has 188 valence electrons. The van der Waals surface area contributed by atoms with Crippen LogP contribution in [0.25, 0.3) is 0 Å². The zero-order valence-electron chi connectivity index (χ0n) is 19.7. The normalized spacial score (nSPS) is 16.2. The Morgan fingerprint density at radius 2 is 1.81 bits per heavy atom. The molecule has 6 nitrogen and oxygen atoms in total. The van der Waals surface area contributed by atoms with Crippen LogP contribution in [0.4, 0.5) is 8.78 Å². The van der Waals surface area contributed by atoms with Crippen molar-refractivity contribution in [3.63, 3.8) is 0 Å². The van der Waals surface area contributed by atoms with E-state index >= 15 is 0 Å². The lowest BCUT2D eigenvalue weighted by molar-refractivity contribution is -0.137. The summed E-state index contributed by atoms with van der Waals surface area (Å²) in [7, 11) is 1.45. The Labute approximate surface area is 212 Å². The Bertz CT molecular complexity index is 1310. The minimum absolute atomic E-state index is 0.0127. The smallest absolute Gasteiger partial charge is 0.323 e. The maximum atomic E-state index is 13.9. The summed E-state index contributed by atoms with van der Waals surface area (Å²) in [5.41, 5.74) is 1.51. The summed E-state index contributed by atoms with van der Waals surface area (Å²) in [5.74, 6) is -1.82. The molecule has 36 heavy (non-hydrogen) atoms. The fourth-order valence-corrected chi connectivity index (χ4v) is 4.52. The number of benzene rings is 3. The zero-order valence-corrected chi connectivity index (χ0v) is 20.4. The van der Waals surface area contributed by atoms with Gasteiger partial charge < -0.3 is 19.5 Å². The lowest BCUT2D eigenvalue weighted by Gasteiger charge is -2.24. The predicted octanol–water partition coefficient (Wildman–Crippen LogP) is 5.29. The predicted molar refractivity (Wildman–Crippen MR) is 130 cm³/mol. The molecule has 0 unspecified atom stereocenters. The Morgan fingerprint density at radius 1 is 1.11 bits per heavy atom. The van der Waals surface area contributed by atoms with Crippen molar-refractivity contribution in [3.8, 4) is 11.5 Å². The van der Waals surface area contributed by atoms with E-state index in [2.05, 4.69) is 0 Å². The van der Waals surface area contributed by atoms with E-state index in [0.29, 0.717) is 41.0 Å². The highest BCUT2D eigenvalue weighted by molar-refractivity contribution is 6.30. The first-order chi connectivity index (χ1) is 17.1. The summed E-state index contributed by atoms with van der Waals surface area (Å²) in [6, 6.07) is 13.3. The Kier molecular flexibility index (Phi) is 7.17. The highest BCUT2D eigenvalue weighted by atomic mass is 35.5. The second kappa shape index (κ2) is 10.1. The topological polar surface area (TPSA) is 76.1 Å². The number of aliphatic carboxylic acids is 1. The van der Waals surface area contributed by atoms with Crippen molar-refractivity contribution >= 4 is 23.5 Å². The number of fused-ring (bicyclic) bond motifs is 1. The molecule has 0 fully saturated rings. The van der Waals surface area contributed by atoms with E-state index in [-0.39, 0.29) is 17.1 Å². The van der Waals surface area contributed by atoms with E-state index in [1.165, 1.54) is 54.5 Å². The molecule has 1 aliphatic rings. The Hall–Kier alpha value is -3.65. The van der Waals surface area contributed by atoms with E-state index in [0.717, 1.165) is 0 Å². The number of methoxy groups -OCH3 is 1. The molecule has 3 aromatic carbocycles. The van der Waals surface area contributed by atoms with Crippen LogP contribution in [0.3, 0.4) is 0 Å². The zero-order chi connectivity index (χ0) is 26.0. The van der Waals surface area contributed by atoms with Gasteiger partial charge in [0, 0.05) is 30.5 Å². The molecule has 0 saturated heterocycles. The molecular weight excluding hydrogens is 492 g/mol. The number of amides is 1. The Morgan fingerprint density at radius 3 is 2.44 bits per heavy atom. The molecule has 1 N–H and O–H groups in total. The van der Waals surface area contributed by atoms with Crippen LogP contribution in [0.5, 0.6) is 11.5 Å². The number of hydrogen-bond acceptors (Lipinski definition) is 4. The van der Waals surface area contributed by atoms with Gasteiger partial charge in [-0.3, -0.25) is 9.59 Å². The highest BCUT2D eigenvalue weighted by Crippen LogP contribution is 2.44. The minimum Gasteiger partial charge on any atom is -0.493 e. The number of rotatable bonds is 8. The summed E-state index contributed by atoms with van der Waals surface area (Å²) in [5, 5.41) is 9.41. The van der Waals surface area contributed by atoms with Crippen LogP contribution < -0.4 is 9.47 Å². The maximum Gasteiger partial charge on any atom is 0.323 e. The number of carbonyl (C=O) groups is 2. The van der Waals surface area contributed by atoms with E-state index < -0.39 is 35.7 Å². The summed E-state index contributed by atoms with van der Waals surface area (Å²) in [6.07, 6.45) is 0.804. The SMILES string of the molecule is COc1cc(C(=O)N(CC(=O)O)Cc2ccc(F)cc2)cc2c1O[C@@](C)(Cc1ccc(Cl)c(F)c1)C2. The standard InChI is InChI=1S/C27H24ClF2NO5/c1-27(12-17-5-8-21(28)22(30)9-17)13-19-10-18(11-23(35-2)25(19)36-27)26(34)31(15-24(32)33)14-16-3-6-20(29)7-4-16/h3-11H,12-15H2,1-2H3,(H,32,33)/t27-/m0/s1. The average molecular weight is 516 g/mol. The monoisotopic (exact) mass is 515 g/mol. The van der Waals surface area contributed by atoms with Crippen molar-refractivity contribution in [2.24, 2.45) is 0 Å². The van der Waals surface area contributed by atoms with Gasteiger partial charge in [0.05, 0.1) is 12.1 Å². The fourth-order valence-electron chi connectivity index (χ4n) is 4.40. The van der Waals surface area contributed by atoms with E-state index in [4.69, 9.17) is 21.1 Å². The molecule has 0 spiro atoms. The first kappa shape index (κ1) is 25.4. The van der Waals surface area contributed by atoms with Gasteiger partial charge in [0.2, 0.25) is 0 Å². The van der Waals surface area contributed by atoms with Crippen molar-refractivity contribution in [3.05, 3.63) is 93.5 Å². The van der Waals surface area contributed by atoms with Crippen LogP contribution in [0.15, 0.2) is 54.6 Å².